The van der Waals surface area contributed by atoms with Crippen LogP contribution < -0.4 is 4.90 Å². The van der Waals surface area contributed by atoms with Crippen LogP contribution in [-0.2, 0) is 19.7 Å². The van der Waals surface area contributed by atoms with Gasteiger partial charge in [-0.2, -0.15) is 5.26 Å². The number of nitrogens with zero attached hydrogens (tertiary/aromatic N) is 4. The van der Waals surface area contributed by atoms with Crippen LogP contribution in [-0.4, -0.2) is 59.3 Å². The Morgan fingerprint density at radius 2 is 1.59 bits per heavy atom. The third kappa shape index (κ3) is 7.40. The van der Waals surface area contributed by atoms with E-state index < -0.39 is 16.6 Å². The molecule has 1 aliphatic rings. The first-order valence-corrected chi connectivity index (χ1v) is 11.0. The van der Waals surface area contributed by atoms with Crippen LogP contribution >= 0.6 is 0 Å². The second-order valence-corrected chi connectivity index (χ2v) is 10.4. The van der Waals surface area contributed by atoms with Crippen LogP contribution in [0.3, 0.4) is 0 Å². The van der Waals surface area contributed by atoms with Crippen molar-refractivity contribution >= 4 is 17.7 Å². The van der Waals surface area contributed by atoms with E-state index in [4.69, 9.17) is 9.47 Å². The molecule has 1 unspecified atom stereocenters. The molecule has 2 rings (SSSR count). The van der Waals surface area contributed by atoms with Crippen LogP contribution in [0, 0.1) is 11.3 Å². The van der Waals surface area contributed by atoms with E-state index in [0.717, 1.165) is 5.69 Å². The van der Waals surface area contributed by atoms with Gasteiger partial charge in [-0.25, -0.2) is 4.79 Å². The van der Waals surface area contributed by atoms with Crippen molar-refractivity contribution in [3.05, 3.63) is 24.0 Å². The Morgan fingerprint density at radius 3 is 2.06 bits per heavy atom. The van der Waals surface area contributed by atoms with Gasteiger partial charge < -0.3 is 19.3 Å². The number of esters is 1. The number of hydrogen-bond acceptors (Lipinski definition) is 7. The van der Waals surface area contributed by atoms with E-state index in [1.807, 2.05) is 53.7 Å². The monoisotopic (exact) mass is 444 g/mol. The second-order valence-electron chi connectivity index (χ2n) is 10.4. The third-order valence-corrected chi connectivity index (χ3v) is 5.11. The quantitative estimate of drug-likeness (QED) is 0.632. The van der Waals surface area contributed by atoms with Crippen molar-refractivity contribution in [1.82, 2.24) is 9.88 Å². The average Bonchev–Trinajstić information content (AvgIpc) is 2.70. The van der Waals surface area contributed by atoms with E-state index in [9.17, 15) is 14.9 Å². The minimum absolute atomic E-state index is 0.150. The molecule has 32 heavy (non-hydrogen) atoms. The largest absolute Gasteiger partial charge is 0.460 e. The fraction of sp³-hybridized carbons (Fsp3) is 0.667. The predicted molar refractivity (Wildman–Crippen MR) is 122 cm³/mol. The lowest BCUT2D eigenvalue weighted by molar-refractivity contribution is -0.155. The first-order valence-electron chi connectivity index (χ1n) is 11.0. The first-order chi connectivity index (χ1) is 14.7. The average molecular weight is 445 g/mol. The van der Waals surface area contributed by atoms with Gasteiger partial charge in [0.25, 0.3) is 0 Å². The van der Waals surface area contributed by atoms with Crippen LogP contribution in [0.5, 0.6) is 0 Å². The van der Waals surface area contributed by atoms with Crippen molar-refractivity contribution in [2.45, 2.75) is 77.9 Å². The summed E-state index contributed by atoms with van der Waals surface area (Å²) in [5.41, 5.74) is -0.381. The van der Waals surface area contributed by atoms with Crippen LogP contribution in [0.1, 0.15) is 67.0 Å². The molecule has 8 nitrogen and oxygen atoms in total. The zero-order chi connectivity index (χ0) is 24.2. The van der Waals surface area contributed by atoms with Gasteiger partial charge in [0.15, 0.2) is 0 Å². The lowest BCUT2D eigenvalue weighted by Crippen LogP contribution is -2.50. The molecule has 0 N–H and O–H groups in total. The Morgan fingerprint density at radius 1 is 1.00 bits per heavy atom. The number of ether oxygens (including phenoxy) is 2. The minimum atomic E-state index is -0.884. The summed E-state index contributed by atoms with van der Waals surface area (Å²) in [6.07, 6.45) is 1.94. The normalized spacial score (nSPS) is 16.7. The molecule has 0 bridgehead atoms. The highest BCUT2D eigenvalue weighted by Gasteiger charge is 2.31. The van der Waals surface area contributed by atoms with Gasteiger partial charge in [0.2, 0.25) is 0 Å². The molecule has 0 aromatic carbocycles. The highest BCUT2D eigenvalue weighted by Crippen LogP contribution is 2.29. The number of aromatic nitrogens is 1. The predicted octanol–water partition coefficient (Wildman–Crippen LogP) is 4.04. The van der Waals surface area contributed by atoms with Gasteiger partial charge in [-0.1, -0.05) is 0 Å². The maximum atomic E-state index is 12.2. The van der Waals surface area contributed by atoms with Gasteiger partial charge in [-0.3, -0.25) is 9.78 Å². The van der Waals surface area contributed by atoms with E-state index >= 15 is 0 Å². The molecule has 1 fully saturated rings. The minimum Gasteiger partial charge on any atom is -0.460 e. The molecule has 1 aromatic heterocycles. The van der Waals surface area contributed by atoms with Crippen molar-refractivity contribution in [3.8, 4) is 6.07 Å². The molecule has 2 heterocycles. The summed E-state index contributed by atoms with van der Waals surface area (Å²) in [5.74, 6) is -0.321. The van der Waals surface area contributed by atoms with Gasteiger partial charge in [0.1, 0.15) is 11.2 Å². The summed E-state index contributed by atoms with van der Waals surface area (Å²) >= 11 is 0. The van der Waals surface area contributed by atoms with Crippen LogP contribution in [0.2, 0.25) is 0 Å². The number of amides is 1. The molecule has 1 atom stereocenters. The van der Waals surface area contributed by atoms with Gasteiger partial charge >= 0.3 is 12.1 Å². The fourth-order valence-corrected chi connectivity index (χ4v) is 3.36. The Kier molecular flexibility index (Phi) is 7.76. The molecule has 0 radical (unpaired) electrons. The summed E-state index contributed by atoms with van der Waals surface area (Å²) in [4.78, 5) is 32.7. The van der Waals surface area contributed by atoms with Crippen molar-refractivity contribution in [2.24, 2.45) is 0 Å². The molecular weight excluding hydrogens is 408 g/mol. The highest BCUT2D eigenvalue weighted by molar-refractivity contribution is 5.70. The maximum Gasteiger partial charge on any atom is 0.410 e. The molecule has 176 valence electrons. The second kappa shape index (κ2) is 9.76. The topological polar surface area (TPSA) is 95.8 Å². The van der Waals surface area contributed by atoms with Crippen molar-refractivity contribution in [2.75, 3.05) is 31.1 Å². The summed E-state index contributed by atoms with van der Waals surface area (Å²) < 4.78 is 10.8. The van der Waals surface area contributed by atoms with Crippen molar-refractivity contribution in [3.63, 3.8) is 0 Å². The molecule has 0 saturated carbocycles. The maximum absolute atomic E-state index is 12.2. The number of hydrogen-bond donors (Lipinski definition) is 0. The Bertz CT molecular complexity index is 841. The SMILES string of the molecule is CC(C)(C)OC(=O)CCC(C)(C#N)c1ccc(N2CCN(C(=O)OC(C)(C)C)CC2)cn1. The van der Waals surface area contributed by atoms with E-state index in [2.05, 4.69) is 16.0 Å². The third-order valence-electron chi connectivity index (χ3n) is 5.11. The van der Waals surface area contributed by atoms with E-state index in [0.29, 0.717) is 38.3 Å². The summed E-state index contributed by atoms with van der Waals surface area (Å²) in [5, 5.41) is 9.76. The van der Waals surface area contributed by atoms with E-state index in [-0.39, 0.29) is 18.5 Å². The van der Waals surface area contributed by atoms with Crippen molar-refractivity contribution in [1.29, 1.82) is 5.26 Å². The zero-order valence-corrected chi connectivity index (χ0v) is 20.4. The van der Waals surface area contributed by atoms with Gasteiger partial charge in [-0.05, 0) is 67.0 Å². The Labute approximate surface area is 191 Å². The number of pyridine rings is 1. The first kappa shape index (κ1) is 25.4. The number of carbonyl (C=O) groups excluding carboxylic acids is 2. The van der Waals surface area contributed by atoms with Crippen molar-refractivity contribution < 1.29 is 19.1 Å². The fourth-order valence-electron chi connectivity index (χ4n) is 3.36. The van der Waals surface area contributed by atoms with Gasteiger partial charge in [-0.15, -0.1) is 0 Å². The number of piperazine rings is 1. The van der Waals surface area contributed by atoms with Crippen LogP contribution in [0.4, 0.5) is 10.5 Å². The number of nitriles is 1. The Hall–Kier alpha value is -2.82. The van der Waals surface area contributed by atoms with Crippen LogP contribution in [0.25, 0.3) is 0 Å². The zero-order valence-electron chi connectivity index (χ0n) is 20.4. The highest BCUT2D eigenvalue weighted by atomic mass is 16.6. The Balaban J connectivity index is 1.96. The summed E-state index contributed by atoms with van der Waals surface area (Å²) in [7, 11) is 0. The number of carbonyl (C=O) groups is 2. The van der Waals surface area contributed by atoms with Gasteiger partial charge in [0.05, 0.1) is 29.1 Å². The smallest absolute Gasteiger partial charge is 0.410 e. The number of anilines is 1. The molecule has 0 spiro atoms. The molecule has 1 saturated heterocycles. The molecule has 0 aliphatic carbocycles. The molecule has 1 aromatic rings. The molecule has 8 heteroatoms. The number of rotatable bonds is 5. The standard InChI is InChI=1S/C24H36N4O4/c1-22(2,3)31-20(29)10-11-24(7,17-25)19-9-8-18(16-26-19)27-12-14-28(15-13-27)21(30)32-23(4,5)6/h8-9,16H,10-15H2,1-7H3. The van der Waals surface area contributed by atoms with E-state index in [1.54, 1.807) is 18.0 Å². The lowest BCUT2D eigenvalue weighted by Gasteiger charge is -2.36. The van der Waals surface area contributed by atoms with Crippen LogP contribution in [0.15, 0.2) is 18.3 Å². The molecule has 1 aliphatic heterocycles. The van der Waals surface area contributed by atoms with Gasteiger partial charge in [0, 0.05) is 32.6 Å². The molecule has 1 amide bonds. The lowest BCUT2D eigenvalue weighted by atomic mass is 9.83. The van der Waals surface area contributed by atoms with E-state index in [1.165, 1.54) is 0 Å². The summed E-state index contributed by atoms with van der Waals surface area (Å²) in [6.45, 7) is 15.3. The summed E-state index contributed by atoms with van der Waals surface area (Å²) in [6, 6.07) is 6.09. The molecular formula is C24H36N4O4.